The van der Waals surface area contributed by atoms with Gasteiger partial charge in [-0.15, -0.1) is 0 Å². The van der Waals surface area contributed by atoms with Crippen LogP contribution in [0.25, 0.3) is 0 Å². The van der Waals surface area contributed by atoms with E-state index in [1.165, 1.54) is 0 Å². The van der Waals surface area contributed by atoms with E-state index in [2.05, 4.69) is 0 Å². The first-order chi connectivity index (χ1) is 35.1. The SMILES string of the molecule is O=C(Cc1ccc(B(O)O)cc1)c1ccc(C(c2ccc(C(=O)Cc3ccc(B(O)O)cc3)cc2)(c2ccc(C(=O)Cc3ccc(B(O)O)cc3)cc2)c2ccc(C(=O)Cc3ccc(B(O)O)cc3)cc2)cc1. The first-order valence-corrected chi connectivity index (χ1v) is 23.4. The molecule has 0 saturated heterocycles. The highest BCUT2D eigenvalue weighted by molar-refractivity contribution is 6.59. The van der Waals surface area contributed by atoms with Crippen LogP contribution in [0.4, 0.5) is 0 Å². The molecule has 8 aromatic carbocycles. The molecule has 0 unspecified atom stereocenters. The molecule has 0 aliphatic rings. The molecule has 0 fully saturated rings. The number of benzene rings is 8. The maximum atomic E-state index is 13.8. The molecular weight excluding hydrogens is 920 g/mol. The standard InChI is InChI=1S/C57H48B4O12/c62-53(33-37-1-25-49(26-2-37)58(66)67)41-9-17-45(18-10-41)57(46-19-11-42(12-20-46)54(63)34-38-3-27-50(28-4-38)59(68)69,47-21-13-43(14-22-47)55(64)35-39-5-29-51(30-6-39)60(70)71)48-23-15-44(16-24-48)56(65)36-40-7-31-52(32-8-40)61(72)73/h1-32,66-73H,33-36H2. The monoisotopic (exact) mass is 968 g/mol. The second kappa shape index (κ2) is 22.9. The van der Waals surface area contributed by atoms with Crippen molar-refractivity contribution in [3.8, 4) is 0 Å². The van der Waals surface area contributed by atoms with Crippen molar-refractivity contribution in [3.63, 3.8) is 0 Å². The lowest BCUT2D eigenvalue weighted by Crippen LogP contribution is -2.31. The number of carbonyl (C=O) groups is 4. The van der Waals surface area contributed by atoms with Gasteiger partial charge < -0.3 is 40.2 Å². The second-order valence-corrected chi connectivity index (χ2v) is 17.9. The zero-order chi connectivity index (χ0) is 51.8. The highest BCUT2D eigenvalue weighted by Crippen LogP contribution is 2.46. The van der Waals surface area contributed by atoms with Crippen molar-refractivity contribution in [2.45, 2.75) is 31.1 Å². The quantitative estimate of drug-likeness (QED) is 0.0313. The molecule has 0 aromatic heterocycles. The van der Waals surface area contributed by atoms with Gasteiger partial charge in [0.1, 0.15) is 0 Å². The molecule has 0 aliphatic heterocycles. The molecule has 8 rings (SSSR count). The van der Waals surface area contributed by atoms with E-state index < -0.39 is 33.9 Å². The number of ketones is 4. The Kier molecular flexibility index (Phi) is 16.2. The van der Waals surface area contributed by atoms with Crippen molar-refractivity contribution in [2.75, 3.05) is 0 Å². The lowest BCUT2D eigenvalue weighted by atomic mass is 9.64. The maximum Gasteiger partial charge on any atom is 0.488 e. The molecule has 0 saturated carbocycles. The van der Waals surface area contributed by atoms with Crippen LogP contribution in [0.3, 0.4) is 0 Å². The predicted molar refractivity (Wildman–Crippen MR) is 282 cm³/mol. The third kappa shape index (κ3) is 12.0. The molecule has 0 aliphatic carbocycles. The highest BCUT2D eigenvalue weighted by Gasteiger charge is 2.39. The number of hydrogen-bond donors (Lipinski definition) is 8. The van der Waals surface area contributed by atoms with E-state index in [4.69, 9.17) is 0 Å². The Labute approximate surface area is 423 Å². The Morgan fingerprint density at radius 3 is 0.575 bits per heavy atom. The molecule has 73 heavy (non-hydrogen) atoms. The number of hydrogen-bond acceptors (Lipinski definition) is 12. The van der Waals surface area contributed by atoms with E-state index in [1.807, 2.05) is 48.5 Å². The average molecular weight is 968 g/mol. The van der Waals surface area contributed by atoms with E-state index in [1.54, 1.807) is 146 Å². The summed E-state index contributed by atoms with van der Waals surface area (Å²) in [6.07, 6.45) is 0.172. The van der Waals surface area contributed by atoms with Crippen LogP contribution >= 0.6 is 0 Å². The molecule has 0 heterocycles. The minimum atomic E-state index is -1.64. The van der Waals surface area contributed by atoms with Crippen LogP contribution in [0.15, 0.2) is 194 Å². The van der Waals surface area contributed by atoms with Gasteiger partial charge >= 0.3 is 28.5 Å². The maximum absolute atomic E-state index is 13.8. The number of carbonyl (C=O) groups excluding carboxylic acids is 4. The normalized spacial score (nSPS) is 11.2. The van der Waals surface area contributed by atoms with Crippen LogP contribution < -0.4 is 21.9 Å². The molecule has 0 bridgehead atoms. The fraction of sp³-hybridized carbons (Fsp3) is 0.0877. The molecular formula is C57H48B4O12. The van der Waals surface area contributed by atoms with E-state index in [-0.39, 0.29) is 48.8 Å². The summed E-state index contributed by atoms with van der Waals surface area (Å²) in [5, 5.41) is 76.5. The van der Waals surface area contributed by atoms with Crippen LogP contribution in [-0.4, -0.2) is 91.8 Å². The fourth-order valence-electron chi connectivity index (χ4n) is 9.00. The minimum Gasteiger partial charge on any atom is -0.423 e. The van der Waals surface area contributed by atoms with Crippen LogP contribution in [-0.2, 0) is 31.1 Å². The molecule has 8 N–H and O–H groups in total. The summed E-state index contributed by atoms with van der Waals surface area (Å²) in [4.78, 5) is 55.1. The number of rotatable bonds is 20. The molecule has 0 spiro atoms. The summed E-state index contributed by atoms with van der Waals surface area (Å²) in [6.45, 7) is 0. The van der Waals surface area contributed by atoms with Gasteiger partial charge in [-0.05, 0) is 66.4 Å². The molecule has 12 nitrogen and oxygen atoms in total. The smallest absolute Gasteiger partial charge is 0.423 e. The van der Waals surface area contributed by atoms with Crippen molar-refractivity contribution in [3.05, 3.63) is 261 Å². The third-order valence-corrected chi connectivity index (χ3v) is 13.1. The molecule has 16 heteroatoms. The molecule has 0 radical (unpaired) electrons. The summed E-state index contributed by atoms with van der Waals surface area (Å²) < 4.78 is 0. The van der Waals surface area contributed by atoms with E-state index in [9.17, 15) is 59.4 Å². The van der Waals surface area contributed by atoms with Gasteiger partial charge in [-0.1, -0.05) is 194 Å². The number of Topliss-reactive ketones (excluding diaryl/α,β-unsaturated/α-hetero) is 4. The average Bonchev–Trinajstić information content (AvgIpc) is 3.40. The molecule has 8 aromatic rings. The summed E-state index contributed by atoms with van der Waals surface area (Å²) in [5.41, 5.74) is 7.13. The Hall–Kier alpha value is -7.62. The van der Waals surface area contributed by atoms with Crippen LogP contribution in [0.1, 0.15) is 85.9 Å². The van der Waals surface area contributed by atoms with Gasteiger partial charge in [0.2, 0.25) is 0 Å². The summed E-state index contributed by atoms with van der Waals surface area (Å²) in [7, 11) is -6.57. The third-order valence-electron chi connectivity index (χ3n) is 13.1. The fourth-order valence-corrected chi connectivity index (χ4v) is 9.00. The Balaban J connectivity index is 1.21. The van der Waals surface area contributed by atoms with Crippen molar-refractivity contribution in [1.29, 1.82) is 0 Å². The van der Waals surface area contributed by atoms with Gasteiger partial charge in [0.05, 0.1) is 5.41 Å². The topological polar surface area (TPSA) is 230 Å². The van der Waals surface area contributed by atoms with Crippen LogP contribution in [0.2, 0.25) is 0 Å². The largest absolute Gasteiger partial charge is 0.488 e. The lowest BCUT2D eigenvalue weighted by molar-refractivity contribution is 0.0985. The Bertz CT molecular complexity index is 2760. The Morgan fingerprint density at radius 1 is 0.260 bits per heavy atom. The van der Waals surface area contributed by atoms with Gasteiger partial charge in [0.25, 0.3) is 0 Å². The van der Waals surface area contributed by atoms with Crippen molar-refractivity contribution < 1.29 is 59.4 Å². The van der Waals surface area contributed by atoms with Gasteiger partial charge in [-0.25, -0.2) is 0 Å². The van der Waals surface area contributed by atoms with Crippen LogP contribution in [0.5, 0.6) is 0 Å². The van der Waals surface area contributed by atoms with Gasteiger partial charge in [-0.2, -0.15) is 0 Å². The van der Waals surface area contributed by atoms with Crippen molar-refractivity contribution in [1.82, 2.24) is 0 Å². The Morgan fingerprint density at radius 2 is 0.425 bits per heavy atom. The van der Waals surface area contributed by atoms with Gasteiger partial charge in [-0.3, -0.25) is 19.2 Å². The molecule has 0 atom stereocenters. The zero-order valence-corrected chi connectivity index (χ0v) is 39.3. The first kappa shape index (κ1) is 51.7. The summed E-state index contributed by atoms with van der Waals surface area (Å²) in [5.74, 6) is -0.742. The second-order valence-electron chi connectivity index (χ2n) is 17.9. The van der Waals surface area contributed by atoms with Gasteiger partial charge in [0, 0.05) is 47.9 Å². The minimum absolute atomic E-state index is 0.0430. The van der Waals surface area contributed by atoms with E-state index in [0.717, 1.165) is 0 Å². The predicted octanol–water partition coefficient (Wildman–Crippen LogP) is 2.49. The lowest BCUT2D eigenvalue weighted by Gasteiger charge is -2.37. The zero-order valence-electron chi connectivity index (χ0n) is 39.3. The molecule has 0 amide bonds. The van der Waals surface area contributed by atoms with Crippen molar-refractivity contribution >= 4 is 73.5 Å². The van der Waals surface area contributed by atoms with Crippen molar-refractivity contribution in [2.24, 2.45) is 0 Å². The van der Waals surface area contributed by atoms with E-state index in [0.29, 0.717) is 88.6 Å². The highest BCUT2D eigenvalue weighted by atomic mass is 16.4. The first-order valence-electron chi connectivity index (χ1n) is 23.4. The van der Waals surface area contributed by atoms with Crippen LogP contribution in [0, 0.1) is 0 Å². The van der Waals surface area contributed by atoms with E-state index >= 15 is 0 Å². The van der Waals surface area contributed by atoms with Gasteiger partial charge in [0.15, 0.2) is 23.1 Å². The molecule has 360 valence electrons. The summed E-state index contributed by atoms with van der Waals surface area (Å²) >= 11 is 0. The summed E-state index contributed by atoms with van der Waals surface area (Å²) in [6, 6.07) is 54.3.